The molecule has 0 radical (unpaired) electrons. The Bertz CT molecular complexity index is 251. The smallest absolute Gasteiger partial charge is 0.151 e. The van der Waals surface area contributed by atoms with Crippen LogP contribution in [0, 0.1) is 5.92 Å². The Morgan fingerprint density at radius 2 is 2.20 bits per heavy atom. The molecule has 0 aromatic heterocycles. The fourth-order valence-corrected chi connectivity index (χ4v) is 3.27. The van der Waals surface area contributed by atoms with Gasteiger partial charge in [0, 0.05) is 0 Å². The number of carbonyl (C=O) groups is 1. The SMILES string of the molecule is CCC1CCCC2(CCC(C)(C=O)O2)C1. The normalized spacial score (nSPS) is 45.9. The minimum absolute atomic E-state index is 0.0502. The van der Waals surface area contributed by atoms with E-state index in [-0.39, 0.29) is 5.60 Å². The van der Waals surface area contributed by atoms with E-state index in [0.29, 0.717) is 0 Å². The first-order valence-electron chi connectivity index (χ1n) is 6.28. The highest BCUT2D eigenvalue weighted by Crippen LogP contribution is 2.47. The van der Waals surface area contributed by atoms with Gasteiger partial charge in [0.05, 0.1) is 5.60 Å². The molecular weight excluding hydrogens is 188 g/mol. The second-order valence-electron chi connectivity index (χ2n) is 5.59. The maximum Gasteiger partial charge on any atom is 0.151 e. The Kier molecular flexibility index (Phi) is 2.89. The minimum Gasteiger partial charge on any atom is -0.361 e. The van der Waals surface area contributed by atoms with E-state index in [1.165, 1.54) is 25.7 Å². The zero-order valence-electron chi connectivity index (χ0n) is 9.92. The second-order valence-corrected chi connectivity index (χ2v) is 5.59. The third-order valence-corrected chi connectivity index (χ3v) is 4.26. The summed E-state index contributed by atoms with van der Waals surface area (Å²) < 4.78 is 6.09. The molecule has 0 bridgehead atoms. The molecule has 3 unspecified atom stereocenters. The van der Waals surface area contributed by atoms with Crippen LogP contribution in [0.15, 0.2) is 0 Å². The molecule has 0 aromatic rings. The largest absolute Gasteiger partial charge is 0.361 e. The number of aldehydes is 1. The van der Waals surface area contributed by atoms with E-state index >= 15 is 0 Å². The maximum atomic E-state index is 11.0. The molecule has 1 aliphatic heterocycles. The lowest BCUT2D eigenvalue weighted by Gasteiger charge is -2.38. The molecular formula is C13H22O2. The Morgan fingerprint density at radius 3 is 2.80 bits per heavy atom. The molecule has 2 nitrogen and oxygen atoms in total. The highest BCUT2D eigenvalue weighted by atomic mass is 16.5. The average molecular weight is 210 g/mol. The zero-order valence-corrected chi connectivity index (χ0v) is 9.92. The van der Waals surface area contributed by atoms with E-state index in [1.54, 1.807) is 0 Å². The Balaban J connectivity index is 2.05. The Morgan fingerprint density at radius 1 is 1.40 bits per heavy atom. The molecule has 15 heavy (non-hydrogen) atoms. The van der Waals surface area contributed by atoms with Crippen molar-refractivity contribution >= 4 is 6.29 Å². The van der Waals surface area contributed by atoms with Crippen molar-refractivity contribution in [2.75, 3.05) is 0 Å². The molecule has 2 fully saturated rings. The van der Waals surface area contributed by atoms with Gasteiger partial charge in [-0.25, -0.2) is 0 Å². The van der Waals surface area contributed by atoms with Crippen LogP contribution in [0.2, 0.25) is 0 Å². The molecule has 1 saturated carbocycles. The van der Waals surface area contributed by atoms with Crippen molar-refractivity contribution < 1.29 is 9.53 Å². The van der Waals surface area contributed by atoms with Gasteiger partial charge in [0.2, 0.25) is 0 Å². The molecule has 0 aromatic carbocycles. The molecule has 1 spiro atoms. The number of rotatable bonds is 2. The highest BCUT2D eigenvalue weighted by Gasteiger charge is 2.48. The van der Waals surface area contributed by atoms with Crippen LogP contribution in [-0.2, 0) is 9.53 Å². The van der Waals surface area contributed by atoms with Crippen LogP contribution in [0.5, 0.6) is 0 Å². The Labute approximate surface area is 92.4 Å². The van der Waals surface area contributed by atoms with Crippen LogP contribution in [-0.4, -0.2) is 17.5 Å². The van der Waals surface area contributed by atoms with Gasteiger partial charge in [-0.1, -0.05) is 26.2 Å². The fraction of sp³-hybridized carbons (Fsp3) is 0.923. The van der Waals surface area contributed by atoms with Gasteiger partial charge in [-0.05, 0) is 38.5 Å². The van der Waals surface area contributed by atoms with Crippen molar-refractivity contribution in [1.82, 2.24) is 0 Å². The predicted molar refractivity (Wildman–Crippen MR) is 59.8 cm³/mol. The molecule has 3 atom stereocenters. The van der Waals surface area contributed by atoms with E-state index in [9.17, 15) is 4.79 Å². The summed E-state index contributed by atoms with van der Waals surface area (Å²) in [5, 5.41) is 0. The fourth-order valence-electron chi connectivity index (χ4n) is 3.27. The van der Waals surface area contributed by atoms with Gasteiger partial charge >= 0.3 is 0 Å². The van der Waals surface area contributed by atoms with E-state index in [1.807, 2.05) is 6.92 Å². The summed E-state index contributed by atoms with van der Waals surface area (Å²) in [5.41, 5.74) is -0.440. The lowest BCUT2D eigenvalue weighted by molar-refractivity contribution is -0.145. The molecule has 2 heteroatoms. The number of carbonyl (C=O) groups excluding carboxylic acids is 1. The summed E-state index contributed by atoms with van der Waals surface area (Å²) in [5.74, 6) is 0.813. The molecule has 0 amide bonds. The van der Waals surface area contributed by atoms with Crippen molar-refractivity contribution in [1.29, 1.82) is 0 Å². The van der Waals surface area contributed by atoms with Crippen molar-refractivity contribution in [2.45, 2.75) is 70.0 Å². The first-order valence-corrected chi connectivity index (χ1v) is 6.28. The highest BCUT2D eigenvalue weighted by molar-refractivity contribution is 5.62. The van der Waals surface area contributed by atoms with Crippen LogP contribution < -0.4 is 0 Å². The summed E-state index contributed by atoms with van der Waals surface area (Å²) >= 11 is 0. The van der Waals surface area contributed by atoms with E-state index in [4.69, 9.17) is 4.74 Å². The summed E-state index contributed by atoms with van der Waals surface area (Å²) in [6, 6.07) is 0. The van der Waals surface area contributed by atoms with E-state index < -0.39 is 5.60 Å². The molecule has 86 valence electrons. The first-order chi connectivity index (χ1) is 7.11. The molecule has 1 aliphatic carbocycles. The summed E-state index contributed by atoms with van der Waals surface area (Å²) in [6.07, 6.45) is 9.19. The van der Waals surface area contributed by atoms with Crippen LogP contribution in [0.1, 0.15) is 58.8 Å². The number of ether oxygens (including phenoxy) is 1. The van der Waals surface area contributed by atoms with Gasteiger partial charge in [-0.15, -0.1) is 0 Å². The number of hydrogen-bond donors (Lipinski definition) is 0. The second kappa shape index (κ2) is 3.89. The predicted octanol–water partition coefficient (Wildman–Crippen LogP) is 3.09. The maximum absolute atomic E-state index is 11.0. The summed E-state index contributed by atoms with van der Waals surface area (Å²) in [4.78, 5) is 11.0. The third-order valence-electron chi connectivity index (χ3n) is 4.26. The first kappa shape index (κ1) is 11.1. The zero-order chi connectivity index (χ0) is 10.9. The lowest BCUT2D eigenvalue weighted by atomic mass is 9.75. The number of hydrogen-bond acceptors (Lipinski definition) is 2. The van der Waals surface area contributed by atoms with Gasteiger partial charge in [-0.3, -0.25) is 0 Å². The standard InChI is InChI=1S/C13H22O2/c1-3-11-5-4-6-13(9-11)8-7-12(2,10-14)15-13/h10-11H,3-9H2,1-2H3. The lowest BCUT2D eigenvalue weighted by Crippen LogP contribution is -2.38. The average Bonchev–Trinajstić information content (AvgIpc) is 2.57. The van der Waals surface area contributed by atoms with Crippen LogP contribution in [0.4, 0.5) is 0 Å². The minimum atomic E-state index is -0.490. The van der Waals surface area contributed by atoms with E-state index in [2.05, 4.69) is 6.92 Å². The summed E-state index contributed by atoms with van der Waals surface area (Å²) in [6.45, 7) is 4.20. The van der Waals surface area contributed by atoms with Crippen LogP contribution in [0.25, 0.3) is 0 Å². The van der Waals surface area contributed by atoms with E-state index in [0.717, 1.165) is 31.5 Å². The van der Waals surface area contributed by atoms with Crippen LogP contribution in [0.3, 0.4) is 0 Å². The van der Waals surface area contributed by atoms with Crippen molar-refractivity contribution in [3.63, 3.8) is 0 Å². The quantitative estimate of drug-likeness (QED) is 0.655. The topological polar surface area (TPSA) is 26.3 Å². The summed E-state index contributed by atoms with van der Waals surface area (Å²) in [7, 11) is 0. The van der Waals surface area contributed by atoms with Gasteiger partial charge in [0.15, 0.2) is 6.29 Å². The monoisotopic (exact) mass is 210 g/mol. The molecule has 1 heterocycles. The van der Waals surface area contributed by atoms with Gasteiger partial charge in [-0.2, -0.15) is 0 Å². The third kappa shape index (κ3) is 2.10. The molecule has 2 aliphatic rings. The van der Waals surface area contributed by atoms with Gasteiger partial charge in [0.1, 0.15) is 5.60 Å². The van der Waals surface area contributed by atoms with Crippen molar-refractivity contribution in [2.24, 2.45) is 5.92 Å². The molecule has 2 rings (SSSR count). The molecule has 1 saturated heterocycles. The Hall–Kier alpha value is -0.370. The van der Waals surface area contributed by atoms with Gasteiger partial charge in [0.25, 0.3) is 0 Å². The molecule has 0 N–H and O–H groups in total. The van der Waals surface area contributed by atoms with Gasteiger partial charge < -0.3 is 9.53 Å². The van der Waals surface area contributed by atoms with Crippen molar-refractivity contribution in [3.05, 3.63) is 0 Å². The van der Waals surface area contributed by atoms with Crippen molar-refractivity contribution in [3.8, 4) is 0 Å². The van der Waals surface area contributed by atoms with Crippen LogP contribution >= 0.6 is 0 Å².